The maximum absolute atomic E-state index is 5.69. The molecule has 0 atom stereocenters. The summed E-state index contributed by atoms with van der Waals surface area (Å²) >= 11 is 4.93. The minimum absolute atomic E-state index is 0.583. The molecule has 0 spiro atoms. The summed E-state index contributed by atoms with van der Waals surface area (Å²) in [6.07, 6.45) is 1.73. The number of rotatable bonds is 4. The summed E-state index contributed by atoms with van der Waals surface area (Å²) in [7, 11) is 0. The van der Waals surface area contributed by atoms with Crippen LogP contribution in [0.25, 0.3) is 0 Å². The topological polar surface area (TPSA) is 38.4 Å². The molecule has 4 heteroatoms. The molecule has 0 saturated heterocycles. The predicted octanol–water partition coefficient (Wildman–Crippen LogP) is 3.18. The summed E-state index contributed by atoms with van der Waals surface area (Å²) in [6.45, 7) is 4.17. The summed E-state index contributed by atoms with van der Waals surface area (Å²) in [5, 5.41) is 0.609. The van der Waals surface area contributed by atoms with Crippen LogP contribution in [0.1, 0.15) is 5.56 Å². The zero-order valence-corrected chi connectivity index (χ0v) is 10.7. The first-order valence-electron chi connectivity index (χ1n) is 4.50. The molecule has 2 N–H and O–H groups in total. The Morgan fingerprint density at radius 3 is 2.73 bits per heavy atom. The minimum atomic E-state index is 0.583. The fourth-order valence-electron chi connectivity index (χ4n) is 0.938. The van der Waals surface area contributed by atoms with Crippen molar-refractivity contribution in [2.45, 2.75) is 5.75 Å². The van der Waals surface area contributed by atoms with Crippen molar-refractivity contribution >= 4 is 32.9 Å². The van der Waals surface area contributed by atoms with Crippen LogP contribution in [0.4, 0.5) is 0 Å². The highest BCUT2D eigenvalue weighted by Crippen LogP contribution is 2.15. The van der Waals surface area contributed by atoms with Crippen LogP contribution in [0.15, 0.2) is 46.4 Å². The third-order valence-electron chi connectivity index (χ3n) is 1.68. The lowest BCUT2D eigenvalue weighted by Gasteiger charge is -2.01. The number of nitrogens with two attached hydrogens (primary N) is 1. The first kappa shape index (κ1) is 12.3. The minimum Gasteiger partial charge on any atom is -0.379 e. The fourth-order valence-corrected chi connectivity index (χ4v) is 1.88. The van der Waals surface area contributed by atoms with Gasteiger partial charge in [-0.3, -0.25) is 4.99 Å². The SMILES string of the molecule is C=CCN=C(N)SCc1ccc(Br)cc1. The second-order valence-electron chi connectivity index (χ2n) is 2.88. The molecule has 0 unspecified atom stereocenters. The van der Waals surface area contributed by atoms with Gasteiger partial charge in [0.1, 0.15) is 0 Å². The van der Waals surface area contributed by atoms with Gasteiger partial charge in [0.25, 0.3) is 0 Å². The van der Waals surface area contributed by atoms with E-state index in [-0.39, 0.29) is 0 Å². The normalized spacial score (nSPS) is 11.4. The van der Waals surface area contributed by atoms with Crippen molar-refractivity contribution in [2.24, 2.45) is 10.7 Å². The summed E-state index contributed by atoms with van der Waals surface area (Å²) in [4.78, 5) is 4.11. The van der Waals surface area contributed by atoms with E-state index < -0.39 is 0 Å². The van der Waals surface area contributed by atoms with Crippen molar-refractivity contribution in [3.05, 3.63) is 47.0 Å². The number of thioether (sulfide) groups is 1. The third-order valence-corrected chi connectivity index (χ3v) is 3.11. The monoisotopic (exact) mass is 284 g/mol. The van der Waals surface area contributed by atoms with Gasteiger partial charge in [-0.05, 0) is 17.7 Å². The fraction of sp³-hybridized carbons (Fsp3) is 0.182. The van der Waals surface area contributed by atoms with Crippen LogP contribution in [0.5, 0.6) is 0 Å². The molecule has 15 heavy (non-hydrogen) atoms. The van der Waals surface area contributed by atoms with Gasteiger partial charge in [-0.2, -0.15) is 0 Å². The van der Waals surface area contributed by atoms with Crippen LogP contribution in [0.3, 0.4) is 0 Å². The highest BCUT2D eigenvalue weighted by atomic mass is 79.9. The Morgan fingerprint density at radius 2 is 2.13 bits per heavy atom. The van der Waals surface area contributed by atoms with Gasteiger partial charge in [0, 0.05) is 10.2 Å². The van der Waals surface area contributed by atoms with Crippen molar-refractivity contribution in [3.63, 3.8) is 0 Å². The second kappa shape index (κ2) is 6.69. The summed E-state index contributed by atoms with van der Waals surface area (Å²) in [6, 6.07) is 8.18. The van der Waals surface area contributed by atoms with Crippen LogP contribution in [0.2, 0.25) is 0 Å². The van der Waals surface area contributed by atoms with E-state index >= 15 is 0 Å². The van der Waals surface area contributed by atoms with E-state index in [0.29, 0.717) is 11.7 Å². The van der Waals surface area contributed by atoms with Crippen LogP contribution in [0, 0.1) is 0 Å². The second-order valence-corrected chi connectivity index (χ2v) is 4.79. The lowest BCUT2D eigenvalue weighted by atomic mass is 10.2. The Labute approximate surface area is 103 Å². The predicted molar refractivity (Wildman–Crippen MR) is 72.1 cm³/mol. The third kappa shape index (κ3) is 5.04. The summed E-state index contributed by atoms with van der Waals surface area (Å²) in [5.41, 5.74) is 6.93. The average Bonchev–Trinajstić information content (AvgIpc) is 2.25. The Morgan fingerprint density at radius 1 is 1.47 bits per heavy atom. The molecule has 0 aliphatic heterocycles. The standard InChI is InChI=1S/C11H13BrN2S/c1-2-7-14-11(13)15-8-9-3-5-10(12)6-4-9/h2-6H,1,7-8H2,(H2,13,14). The van der Waals surface area contributed by atoms with Gasteiger partial charge in [-0.15, -0.1) is 6.58 Å². The molecule has 0 saturated carbocycles. The van der Waals surface area contributed by atoms with E-state index in [1.54, 1.807) is 6.08 Å². The number of halogens is 1. The molecule has 0 aromatic heterocycles. The smallest absolute Gasteiger partial charge is 0.154 e. The maximum atomic E-state index is 5.69. The largest absolute Gasteiger partial charge is 0.379 e. The number of hydrogen-bond donors (Lipinski definition) is 1. The number of hydrogen-bond acceptors (Lipinski definition) is 2. The molecule has 1 aromatic carbocycles. The molecule has 0 aliphatic carbocycles. The Balaban J connectivity index is 2.43. The molecule has 1 rings (SSSR count). The zero-order chi connectivity index (χ0) is 11.1. The van der Waals surface area contributed by atoms with Crippen LogP contribution >= 0.6 is 27.7 Å². The lowest BCUT2D eigenvalue weighted by molar-refractivity contribution is 1.25. The molecule has 0 bridgehead atoms. The number of aliphatic imine (C=N–C) groups is 1. The van der Waals surface area contributed by atoms with Crippen molar-refractivity contribution < 1.29 is 0 Å². The molecule has 0 radical (unpaired) electrons. The summed E-state index contributed by atoms with van der Waals surface area (Å²) < 4.78 is 1.09. The molecule has 0 heterocycles. The van der Waals surface area contributed by atoms with Crippen molar-refractivity contribution in [1.82, 2.24) is 0 Å². The van der Waals surface area contributed by atoms with E-state index in [0.717, 1.165) is 10.2 Å². The van der Waals surface area contributed by atoms with Crippen LogP contribution in [-0.4, -0.2) is 11.7 Å². The average molecular weight is 285 g/mol. The van der Waals surface area contributed by atoms with Gasteiger partial charge in [-0.1, -0.05) is 45.9 Å². The van der Waals surface area contributed by atoms with Gasteiger partial charge in [0.05, 0.1) is 6.54 Å². The quantitative estimate of drug-likeness (QED) is 0.524. The highest BCUT2D eigenvalue weighted by molar-refractivity contribution is 9.10. The molecule has 80 valence electrons. The number of nitrogens with zero attached hydrogens (tertiary/aromatic N) is 1. The van der Waals surface area contributed by atoms with Gasteiger partial charge < -0.3 is 5.73 Å². The van der Waals surface area contributed by atoms with Crippen molar-refractivity contribution in [2.75, 3.05) is 6.54 Å². The first-order chi connectivity index (χ1) is 7.22. The number of amidine groups is 1. The van der Waals surface area contributed by atoms with Crippen LogP contribution < -0.4 is 5.73 Å². The van der Waals surface area contributed by atoms with Crippen molar-refractivity contribution in [3.8, 4) is 0 Å². The van der Waals surface area contributed by atoms with Gasteiger partial charge in [0.2, 0.25) is 0 Å². The van der Waals surface area contributed by atoms with Crippen LogP contribution in [-0.2, 0) is 5.75 Å². The number of benzene rings is 1. The maximum Gasteiger partial charge on any atom is 0.154 e. The van der Waals surface area contributed by atoms with E-state index in [2.05, 4.69) is 39.6 Å². The molecule has 0 aliphatic rings. The highest BCUT2D eigenvalue weighted by Gasteiger charge is 1.96. The van der Waals surface area contributed by atoms with E-state index in [9.17, 15) is 0 Å². The zero-order valence-electron chi connectivity index (χ0n) is 8.32. The van der Waals surface area contributed by atoms with E-state index in [4.69, 9.17) is 5.73 Å². The Bertz CT molecular complexity index is 346. The van der Waals surface area contributed by atoms with Gasteiger partial charge in [0.15, 0.2) is 5.17 Å². The molecule has 0 amide bonds. The molecular weight excluding hydrogens is 272 g/mol. The molecular formula is C11H13BrN2S. The lowest BCUT2D eigenvalue weighted by Crippen LogP contribution is -2.07. The molecule has 0 fully saturated rings. The Kier molecular flexibility index (Phi) is 5.50. The molecule has 2 nitrogen and oxygen atoms in total. The Hall–Kier alpha value is -0.740. The van der Waals surface area contributed by atoms with Crippen molar-refractivity contribution in [1.29, 1.82) is 0 Å². The summed E-state index contributed by atoms with van der Waals surface area (Å²) in [5.74, 6) is 0.847. The van der Waals surface area contributed by atoms with E-state index in [1.165, 1.54) is 17.3 Å². The van der Waals surface area contributed by atoms with Gasteiger partial charge in [-0.25, -0.2) is 0 Å². The van der Waals surface area contributed by atoms with E-state index in [1.807, 2.05) is 12.1 Å². The van der Waals surface area contributed by atoms with Gasteiger partial charge >= 0.3 is 0 Å². The molecule has 1 aromatic rings. The first-order valence-corrected chi connectivity index (χ1v) is 6.28.